The monoisotopic (exact) mass is 198 g/mol. The van der Waals surface area contributed by atoms with Crippen LogP contribution in [-0.2, 0) is 5.67 Å². The Hall–Kier alpha value is -1.03. The van der Waals surface area contributed by atoms with Gasteiger partial charge in [0.2, 0.25) is 0 Å². The molecular weight excluding hydrogens is 186 g/mol. The zero-order valence-corrected chi connectivity index (χ0v) is 7.76. The molecule has 14 heavy (non-hydrogen) atoms. The Labute approximate surface area is 81.4 Å². The highest BCUT2D eigenvalue weighted by atomic mass is 19.1. The predicted molar refractivity (Wildman–Crippen MR) is 49.1 cm³/mol. The van der Waals surface area contributed by atoms with Gasteiger partial charge >= 0.3 is 0 Å². The van der Waals surface area contributed by atoms with Crippen molar-refractivity contribution in [1.82, 2.24) is 10.3 Å². The first-order valence-electron chi connectivity index (χ1n) is 4.72. The molecule has 0 atom stereocenters. The standard InChI is InChI=1S/C10H12F2N2/c11-9-7-14-4-1-8(9)10(12)2-5-13-6-3-10/h1,4,7,13H,2-3,5-6H2. The van der Waals surface area contributed by atoms with Crippen LogP contribution in [0.3, 0.4) is 0 Å². The summed E-state index contributed by atoms with van der Waals surface area (Å²) in [6.07, 6.45) is 3.16. The van der Waals surface area contributed by atoms with Crippen molar-refractivity contribution in [3.8, 4) is 0 Å². The fourth-order valence-corrected chi connectivity index (χ4v) is 1.83. The molecule has 2 nitrogen and oxygen atoms in total. The summed E-state index contributed by atoms with van der Waals surface area (Å²) in [7, 11) is 0. The zero-order valence-electron chi connectivity index (χ0n) is 7.76. The Balaban J connectivity index is 2.32. The van der Waals surface area contributed by atoms with E-state index in [-0.39, 0.29) is 5.56 Å². The highest BCUT2D eigenvalue weighted by Gasteiger charge is 2.35. The van der Waals surface area contributed by atoms with Gasteiger partial charge in [0.25, 0.3) is 0 Å². The zero-order chi connectivity index (χ0) is 10.0. The number of halogens is 2. The third-order valence-corrected chi connectivity index (χ3v) is 2.65. The molecule has 1 N–H and O–H groups in total. The highest BCUT2D eigenvalue weighted by Crippen LogP contribution is 2.35. The Kier molecular flexibility index (Phi) is 2.46. The van der Waals surface area contributed by atoms with Gasteiger partial charge in [-0.1, -0.05) is 0 Å². The van der Waals surface area contributed by atoms with Crippen LogP contribution >= 0.6 is 0 Å². The average Bonchev–Trinajstić information content (AvgIpc) is 2.19. The lowest BCUT2D eigenvalue weighted by atomic mass is 9.87. The number of hydrogen-bond donors (Lipinski definition) is 1. The first kappa shape index (κ1) is 9.52. The summed E-state index contributed by atoms with van der Waals surface area (Å²) in [5.41, 5.74) is -1.37. The number of rotatable bonds is 1. The van der Waals surface area contributed by atoms with Crippen molar-refractivity contribution >= 4 is 0 Å². The molecule has 1 saturated heterocycles. The summed E-state index contributed by atoms with van der Waals surface area (Å²) in [5, 5.41) is 3.05. The van der Waals surface area contributed by atoms with Crippen molar-refractivity contribution in [1.29, 1.82) is 0 Å². The fraction of sp³-hybridized carbons (Fsp3) is 0.500. The van der Waals surface area contributed by atoms with Gasteiger partial charge in [-0.3, -0.25) is 4.98 Å². The summed E-state index contributed by atoms with van der Waals surface area (Å²) in [6.45, 7) is 1.19. The Morgan fingerprint density at radius 1 is 1.36 bits per heavy atom. The molecule has 0 aliphatic carbocycles. The largest absolute Gasteiger partial charge is 0.316 e. The second-order valence-electron chi connectivity index (χ2n) is 3.57. The van der Waals surface area contributed by atoms with Gasteiger partial charge in [0.15, 0.2) is 0 Å². The van der Waals surface area contributed by atoms with Crippen LogP contribution in [0.5, 0.6) is 0 Å². The van der Waals surface area contributed by atoms with Gasteiger partial charge in [-0.2, -0.15) is 0 Å². The van der Waals surface area contributed by atoms with E-state index in [9.17, 15) is 8.78 Å². The molecule has 0 unspecified atom stereocenters. The number of hydrogen-bond acceptors (Lipinski definition) is 2. The molecule has 2 rings (SSSR count). The lowest BCUT2D eigenvalue weighted by Crippen LogP contribution is -2.37. The second-order valence-corrected chi connectivity index (χ2v) is 3.57. The SMILES string of the molecule is Fc1cnccc1C1(F)CCNCC1. The molecule has 4 heteroatoms. The number of nitrogens with one attached hydrogen (secondary N) is 1. The normalized spacial score (nSPS) is 20.7. The van der Waals surface area contributed by atoms with E-state index in [1.165, 1.54) is 12.3 Å². The van der Waals surface area contributed by atoms with E-state index in [0.29, 0.717) is 25.9 Å². The molecule has 0 bridgehead atoms. The smallest absolute Gasteiger partial charge is 0.147 e. The quantitative estimate of drug-likeness (QED) is 0.743. The van der Waals surface area contributed by atoms with E-state index in [1.54, 1.807) is 0 Å². The molecule has 0 saturated carbocycles. The minimum Gasteiger partial charge on any atom is -0.316 e. The van der Waals surface area contributed by atoms with Gasteiger partial charge in [0.05, 0.1) is 6.20 Å². The third kappa shape index (κ3) is 1.62. The highest BCUT2D eigenvalue weighted by molar-refractivity contribution is 5.22. The Morgan fingerprint density at radius 2 is 2.07 bits per heavy atom. The van der Waals surface area contributed by atoms with Crippen LogP contribution in [0.25, 0.3) is 0 Å². The molecule has 0 spiro atoms. The van der Waals surface area contributed by atoms with Gasteiger partial charge in [-0.15, -0.1) is 0 Å². The number of pyridine rings is 1. The summed E-state index contributed by atoms with van der Waals surface area (Å²) in [5.74, 6) is -0.545. The minimum atomic E-state index is -1.52. The van der Waals surface area contributed by atoms with Crippen molar-refractivity contribution in [3.05, 3.63) is 29.8 Å². The van der Waals surface area contributed by atoms with Crippen LogP contribution < -0.4 is 5.32 Å². The molecule has 0 radical (unpaired) electrons. The summed E-state index contributed by atoms with van der Waals surface area (Å²) >= 11 is 0. The first-order valence-corrected chi connectivity index (χ1v) is 4.72. The maximum absolute atomic E-state index is 14.3. The van der Waals surface area contributed by atoms with Crippen LogP contribution in [0.4, 0.5) is 8.78 Å². The van der Waals surface area contributed by atoms with E-state index in [4.69, 9.17) is 0 Å². The van der Waals surface area contributed by atoms with E-state index < -0.39 is 11.5 Å². The van der Waals surface area contributed by atoms with Gasteiger partial charge in [0.1, 0.15) is 11.5 Å². The molecule has 1 aliphatic rings. The molecule has 1 aromatic heterocycles. The lowest BCUT2D eigenvalue weighted by Gasteiger charge is -2.30. The van der Waals surface area contributed by atoms with E-state index in [2.05, 4.69) is 10.3 Å². The van der Waals surface area contributed by atoms with Crippen molar-refractivity contribution in [2.24, 2.45) is 0 Å². The molecule has 0 aromatic carbocycles. The number of aromatic nitrogens is 1. The van der Waals surface area contributed by atoms with Gasteiger partial charge in [-0.05, 0) is 32.0 Å². The Morgan fingerprint density at radius 3 is 2.71 bits per heavy atom. The average molecular weight is 198 g/mol. The van der Waals surface area contributed by atoms with Crippen molar-refractivity contribution < 1.29 is 8.78 Å². The Bertz CT molecular complexity index is 322. The van der Waals surface area contributed by atoms with Crippen LogP contribution in [0.15, 0.2) is 18.5 Å². The number of nitrogens with zero attached hydrogens (tertiary/aromatic N) is 1. The molecule has 1 aliphatic heterocycles. The van der Waals surface area contributed by atoms with Crippen molar-refractivity contribution in [2.45, 2.75) is 18.5 Å². The van der Waals surface area contributed by atoms with Gasteiger partial charge < -0.3 is 5.32 Å². The van der Waals surface area contributed by atoms with Crippen LogP contribution in [0.2, 0.25) is 0 Å². The summed E-state index contributed by atoms with van der Waals surface area (Å²) in [4.78, 5) is 3.61. The summed E-state index contributed by atoms with van der Waals surface area (Å²) < 4.78 is 27.6. The first-order chi connectivity index (χ1) is 6.72. The second kappa shape index (κ2) is 3.61. The maximum Gasteiger partial charge on any atom is 0.147 e. The van der Waals surface area contributed by atoms with Crippen LogP contribution in [0.1, 0.15) is 18.4 Å². The maximum atomic E-state index is 14.3. The molecule has 76 valence electrons. The third-order valence-electron chi connectivity index (χ3n) is 2.65. The topological polar surface area (TPSA) is 24.9 Å². The van der Waals surface area contributed by atoms with Crippen LogP contribution in [-0.4, -0.2) is 18.1 Å². The van der Waals surface area contributed by atoms with Gasteiger partial charge in [0, 0.05) is 11.8 Å². The molecular formula is C10H12F2N2. The number of alkyl halides is 1. The predicted octanol–water partition coefficient (Wildman–Crippen LogP) is 1.77. The summed E-state index contributed by atoms with van der Waals surface area (Å²) in [6, 6.07) is 1.43. The van der Waals surface area contributed by atoms with Crippen molar-refractivity contribution in [2.75, 3.05) is 13.1 Å². The van der Waals surface area contributed by atoms with E-state index in [0.717, 1.165) is 6.20 Å². The van der Waals surface area contributed by atoms with E-state index in [1.807, 2.05) is 0 Å². The van der Waals surface area contributed by atoms with Gasteiger partial charge in [-0.25, -0.2) is 8.78 Å². The van der Waals surface area contributed by atoms with Crippen molar-refractivity contribution in [3.63, 3.8) is 0 Å². The lowest BCUT2D eigenvalue weighted by molar-refractivity contribution is 0.110. The molecule has 2 heterocycles. The molecule has 0 amide bonds. The number of piperidine rings is 1. The fourth-order valence-electron chi connectivity index (χ4n) is 1.83. The van der Waals surface area contributed by atoms with Crippen LogP contribution in [0, 0.1) is 5.82 Å². The molecule has 1 fully saturated rings. The van der Waals surface area contributed by atoms with E-state index >= 15 is 0 Å². The minimum absolute atomic E-state index is 0.147. The molecule has 1 aromatic rings.